The summed E-state index contributed by atoms with van der Waals surface area (Å²) in [5.41, 5.74) is 15.9. The number of rotatable bonds is 2. The van der Waals surface area contributed by atoms with Crippen LogP contribution < -0.4 is 0 Å². The van der Waals surface area contributed by atoms with Gasteiger partial charge in [0.2, 0.25) is 0 Å². The van der Waals surface area contributed by atoms with Crippen LogP contribution in [0, 0.1) is 13.8 Å². The third-order valence-electron chi connectivity index (χ3n) is 7.77. The molecule has 2 atom stereocenters. The van der Waals surface area contributed by atoms with Gasteiger partial charge in [-0.05, 0) is 81.6 Å². The van der Waals surface area contributed by atoms with E-state index in [-0.39, 0.29) is 11.8 Å². The number of hydrogen-bond acceptors (Lipinski definition) is 0. The largest absolute Gasteiger partial charge is 0.0843 e. The average Bonchev–Trinajstić information content (AvgIpc) is 3.36. The number of aryl methyl sites for hydroxylation is 2. The molecule has 168 valence electrons. The van der Waals surface area contributed by atoms with Gasteiger partial charge in [0.15, 0.2) is 0 Å². The van der Waals surface area contributed by atoms with E-state index in [0.29, 0.717) is 0 Å². The molecule has 0 saturated carbocycles. The minimum absolute atomic E-state index is 0.188. The maximum atomic E-state index is 6.87. The fraction of sp³-hybridized carbons (Fsp3) is 0.118. The highest BCUT2D eigenvalue weighted by molar-refractivity contribution is 6.30. The van der Waals surface area contributed by atoms with E-state index in [1.165, 1.54) is 66.8 Å². The van der Waals surface area contributed by atoms with E-state index in [0.717, 1.165) is 5.02 Å². The van der Waals surface area contributed by atoms with Gasteiger partial charge >= 0.3 is 0 Å². The maximum Gasteiger partial charge on any atom is 0.0412 e. The molecule has 5 aromatic rings. The number of benzene rings is 5. The minimum atomic E-state index is 0.188. The first kappa shape index (κ1) is 20.7. The van der Waals surface area contributed by atoms with E-state index in [1.807, 2.05) is 0 Å². The van der Waals surface area contributed by atoms with Gasteiger partial charge in [-0.2, -0.15) is 0 Å². The molecule has 2 aliphatic carbocycles. The van der Waals surface area contributed by atoms with Crippen LogP contribution in [0.25, 0.3) is 22.3 Å². The quantitative estimate of drug-likeness (QED) is 0.237. The summed E-state index contributed by atoms with van der Waals surface area (Å²) >= 11 is 6.87. The van der Waals surface area contributed by atoms with Crippen molar-refractivity contribution < 1.29 is 0 Å². The first-order valence-corrected chi connectivity index (χ1v) is 12.7. The van der Waals surface area contributed by atoms with E-state index in [4.69, 9.17) is 11.6 Å². The van der Waals surface area contributed by atoms with Crippen LogP contribution in [0.5, 0.6) is 0 Å². The van der Waals surface area contributed by atoms with E-state index >= 15 is 0 Å². The Balaban J connectivity index is 1.44. The number of halogens is 1. The molecule has 35 heavy (non-hydrogen) atoms. The van der Waals surface area contributed by atoms with E-state index in [1.54, 1.807) is 0 Å². The maximum absolute atomic E-state index is 6.87. The second kappa shape index (κ2) is 7.70. The predicted molar refractivity (Wildman–Crippen MR) is 147 cm³/mol. The van der Waals surface area contributed by atoms with Crippen molar-refractivity contribution in [3.63, 3.8) is 0 Å². The third kappa shape index (κ3) is 3.14. The average molecular weight is 469 g/mol. The molecule has 0 N–H and O–H groups in total. The molecule has 0 aromatic heterocycles. The molecule has 0 nitrogen and oxygen atoms in total. The van der Waals surface area contributed by atoms with Crippen molar-refractivity contribution in [1.82, 2.24) is 0 Å². The molecule has 0 bridgehead atoms. The molecular formula is C34H25Cl. The first-order valence-electron chi connectivity index (χ1n) is 12.3. The van der Waals surface area contributed by atoms with Crippen molar-refractivity contribution in [1.29, 1.82) is 0 Å². The van der Waals surface area contributed by atoms with Gasteiger partial charge < -0.3 is 0 Å². The first-order chi connectivity index (χ1) is 17.1. The summed E-state index contributed by atoms with van der Waals surface area (Å²) in [7, 11) is 0. The van der Waals surface area contributed by atoms with E-state index < -0.39 is 0 Å². The normalized spacial score (nSPS) is 17.0. The Labute approximate surface area is 211 Å². The lowest BCUT2D eigenvalue weighted by Crippen LogP contribution is -2.04. The molecule has 1 heteroatoms. The molecule has 0 fully saturated rings. The molecule has 0 saturated heterocycles. The Hall–Kier alpha value is -3.61. The predicted octanol–water partition coefficient (Wildman–Crippen LogP) is 9.28. The summed E-state index contributed by atoms with van der Waals surface area (Å²) in [6.45, 7) is 4.34. The standard InChI is InChI=1S/C34H25Cl/c1-20-11-13-29-31(15-20)25-7-3-5-9-27(25)33(29)22-17-23(19-24(35)18-22)34-28-10-6-4-8-26(28)32-16-21(2)12-14-30(32)34/h3-19,33-34H,1-2H3. The van der Waals surface area contributed by atoms with Crippen LogP contribution in [0.1, 0.15) is 56.3 Å². The Morgan fingerprint density at radius 3 is 1.37 bits per heavy atom. The van der Waals surface area contributed by atoms with Crippen LogP contribution >= 0.6 is 11.6 Å². The van der Waals surface area contributed by atoms with Crippen molar-refractivity contribution in [3.8, 4) is 22.3 Å². The van der Waals surface area contributed by atoms with Crippen molar-refractivity contribution in [2.75, 3.05) is 0 Å². The summed E-state index contributed by atoms with van der Waals surface area (Å²) in [5, 5.41) is 0.800. The molecule has 5 aromatic carbocycles. The Morgan fingerprint density at radius 1 is 0.457 bits per heavy atom. The lowest BCUT2D eigenvalue weighted by atomic mass is 9.84. The summed E-state index contributed by atoms with van der Waals surface area (Å²) < 4.78 is 0. The van der Waals surface area contributed by atoms with Gasteiger partial charge in [-0.15, -0.1) is 0 Å². The fourth-order valence-electron chi connectivity index (χ4n) is 6.32. The van der Waals surface area contributed by atoms with Gasteiger partial charge in [-0.1, -0.05) is 114 Å². The molecule has 2 aliphatic rings. The lowest BCUT2D eigenvalue weighted by molar-refractivity contribution is 0.972. The minimum Gasteiger partial charge on any atom is -0.0843 e. The lowest BCUT2D eigenvalue weighted by Gasteiger charge is -2.20. The van der Waals surface area contributed by atoms with Crippen LogP contribution in [0.4, 0.5) is 0 Å². The second-order valence-electron chi connectivity index (χ2n) is 10.0. The zero-order valence-corrected chi connectivity index (χ0v) is 20.6. The zero-order chi connectivity index (χ0) is 23.7. The van der Waals surface area contributed by atoms with Gasteiger partial charge in [-0.25, -0.2) is 0 Å². The van der Waals surface area contributed by atoms with Crippen LogP contribution in [-0.2, 0) is 0 Å². The summed E-state index contributed by atoms with van der Waals surface area (Å²) in [5.74, 6) is 0.377. The van der Waals surface area contributed by atoms with Crippen LogP contribution in [0.2, 0.25) is 5.02 Å². The molecule has 7 rings (SSSR count). The highest BCUT2D eigenvalue weighted by atomic mass is 35.5. The summed E-state index contributed by atoms with van der Waals surface area (Å²) in [6.07, 6.45) is 0. The highest BCUT2D eigenvalue weighted by Crippen LogP contribution is 2.51. The van der Waals surface area contributed by atoms with E-state index in [2.05, 4.69) is 117 Å². The van der Waals surface area contributed by atoms with Gasteiger partial charge in [-0.3, -0.25) is 0 Å². The number of fused-ring (bicyclic) bond motifs is 6. The van der Waals surface area contributed by atoms with Crippen molar-refractivity contribution in [2.24, 2.45) is 0 Å². The van der Waals surface area contributed by atoms with Crippen molar-refractivity contribution >= 4 is 11.6 Å². The second-order valence-corrected chi connectivity index (χ2v) is 10.5. The zero-order valence-electron chi connectivity index (χ0n) is 19.8. The van der Waals surface area contributed by atoms with Gasteiger partial charge in [0, 0.05) is 16.9 Å². The molecule has 0 aliphatic heterocycles. The Kier molecular flexibility index (Phi) is 4.56. The monoisotopic (exact) mass is 468 g/mol. The third-order valence-corrected chi connectivity index (χ3v) is 7.99. The molecule has 0 radical (unpaired) electrons. The smallest absolute Gasteiger partial charge is 0.0412 e. The molecule has 0 heterocycles. The Bertz CT molecular complexity index is 1520. The van der Waals surface area contributed by atoms with Crippen molar-refractivity contribution in [2.45, 2.75) is 25.7 Å². The Morgan fingerprint density at radius 2 is 0.886 bits per heavy atom. The topological polar surface area (TPSA) is 0 Å². The van der Waals surface area contributed by atoms with E-state index in [9.17, 15) is 0 Å². The summed E-state index contributed by atoms with van der Waals surface area (Å²) in [4.78, 5) is 0. The SMILES string of the molecule is Cc1ccc2c(c1)-c1ccccc1C2c1cc(Cl)cc(C2c3ccccc3-c3cc(C)ccc32)c1. The van der Waals surface area contributed by atoms with Gasteiger partial charge in [0.05, 0.1) is 0 Å². The van der Waals surface area contributed by atoms with Crippen LogP contribution in [0.3, 0.4) is 0 Å². The van der Waals surface area contributed by atoms with Crippen molar-refractivity contribution in [3.05, 3.63) is 153 Å². The highest BCUT2D eigenvalue weighted by Gasteiger charge is 2.33. The molecular weight excluding hydrogens is 444 g/mol. The van der Waals surface area contributed by atoms with Gasteiger partial charge in [0.25, 0.3) is 0 Å². The van der Waals surface area contributed by atoms with Gasteiger partial charge in [0.1, 0.15) is 0 Å². The summed E-state index contributed by atoms with van der Waals surface area (Å²) in [6, 6.07) is 38.1. The van der Waals surface area contributed by atoms with Crippen LogP contribution in [-0.4, -0.2) is 0 Å². The molecule has 0 amide bonds. The molecule has 2 unspecified atom stereocenters. The number of hydrogen-bond donors (Lipinski definition) is 0. The fourth-order valence-corrected chi connectivity index (χ4v) is 6.57. The van der Waals surface area contributed by atoms with Crippen LogP contribution in [0.15, 0.2) is 103 Å². The molecule has 0 spiro atoms.